The number of carboxylic acid groups (broad SMARTS) is 1. The first-order valence-electron chi connectivity index (χ1n) is 10.5. The molecule has 170 valence electrons. The molecule has 7 nitrogen and oxygen atoms in total. The van der Waals surface area contributed by atoms with Gasteiger partial charge in [0.05, 0.1) is 5.25 Å². The van der Waals surface area contributed by atoms with Crippen molar-refractivity contribution in [2.24, 2.45) is 5.92 Å². The summed E-state index contributed by atoms with van der Waals surface area (Å²) in [5, 5.41) is 24.1. The van der Waals surface area contributed by atoms with Crippen molar-refractivity contribution >= 4 is 30.4 Å². The first kappa shape index (κ1) is 23.7. The van der Waals surface area contributed by atoms with E-state index in [1.54, 1.807) is 12.1 Å². The Morgan fingerprint density at radius 2 is 1.59 bits per heavy atom. The number of phenolic OH excluding ortho intramolecular Hbond substituents is 1. The smallest absolute Gasteiger partial charge is 0.326 e. The Kier molecular flexibility index (Phi) is 7.13. The number of thiol groups is 1. The summed E-state index contributed by atoms with van der Waals surface area (Å²) in [4.78, 5) is 38.2. The lowest BCUT2D eigenvalue weighted by Crippen LogP contribution is -2.63. The second kappa shape index (κ2) is 9.65. The molecule has 2 aromatic carbocycles. The van der Waals surface area contributed by atoms with Crippen molar-refractivity contribution in [3.05, 3.63) is 65.2 Å². The van der Waals surface area contributed by atoms with E-state index >= 15 is 0 Å². The predicted molar refractivity (Wildman–Crippen MR) is 124 cm³/mol. The van der Waals surface area contributed by atoms with Gasteiger partial charge in [-0.25, -0.2) is 4.79 Å². The molecule has 0 saturated carbocycles. The minimum absolute atomic E-state index is 0.0384. The molecule has 0 fully saturated rings. The Bertz CT molecular complexity index is 981. The molecule has 0 saturated heterocycles. The number of hydrogen-bond acceptors (Lipinski definition) is 5. The molecule has 4 N–H and O–H groups in total. The number of fused-ring (bicyclic) bond motifs is 1. The number of aromatic hydroxyl groups is 1. The summed E-state index contributed by atoms with van der Waals surface area (Å²) >= 11 is 4.38. The van der Waals surface area contributed by atoms with Crippen LogP contribution in [0.5, 0.6) is 5.75 Å². The van der Waals surface area contributed by atoms with Gasteiger partial charge >= 0.3 is 5.97 Å². The number of carboxylic acids is 1. The Labute approximate surface area is 192 Å². The molecule has 8 heteroatoms. The molecule has 1 aliphatic carbocycles. The third-order valence-corrected chi connectivity index (χ3v) is 6.61. The number of carbonyl (C=O) groups is 3. The Balaban J connectivity index is 1.85. The van der Waals surface area contributed by atoms with Crippen LogP contribution in [0.2, 0.25) is 0 Å². The molecule has 0 aliphatic heterocycles. The first-order chi connectivity index (χ1) is 15.1. The standard InChI is InChI=1S/C24H28N2O5S/c1-14(2)20(32)21(28)26-24(12-16-5-3-4-6-17(16)13-24)23(31)25-19(22(29)30)11-15-7-9-18(27)10-8-15/h3-10,14,19-20,27,32H,11-13H2,1-2H3,(H,25,31)(H,26,28)(H,29,30)/t19-,20?/m0/s1. The van der Waals surface area contributed by atoms with Crippen molar-refractivity contribution in [1.82, 2.24) is 10.6 Å². The van der Waals surface area contributed by atoms with Gasteiger partial charge in [0, 0.05) is 19.3 Å². The molecule has 1 unspecified atom stereocenters. The number of phenols is 1. The van der Waals surface area contributed by atoms with Crippen LogP contribution < -0.4 is 10.6 Å². The van der Waals surface area contributed by atoms with Crippen molar-refractivity contribution < 1.29 is 24.6 Å². The van der Waals surface area contributed by atoms with E-state index in [4.69, 9.17) is 0 Å². The average molecular weight is 457 g/mol. The van der Waals surface area contributed by atoms with Crippen LogP contribution in [0.15, 0.2) is 48.5 Å². The molecule has 3 rings (SSSR count). The lowest BCUT2D eigenvalue weighted by Gasteiger charge is -2.32. The van der Waals surface area contributed by atoms with E-state index in [1.807, 2.05) is 38.1 Å². The molecule has 32 heavy (non-hydrogen) atoms. The minimum Gasteiger partial charge on any atom is -0.508 e. The van der Waals surface area contributed by atoms with Crippen molar-refractivity contribution in [3.8, 4) is 5.75 Å². The summed E-state index contributed by atoms with van der Waals surface area (Å²) in [5.41, 5.74) is 1.24. The van der Waals surface area contributed by atoms with Gasteiger partial charge in [0.2, 0.25) is 11.8 Å². The maximum Gasteiger partial charge on any atom is 0.326 e. The molecule has 2 amide bonds. The molecule has 0 aromatic heterocycles. The summed E-state index contributed by atoms with van der Waals surface area (Å²) in [6.07, 6.45) is 0.579. The highest BCUT2D eigenvalue weighted by Gasteiger charge is 2.46. The van der Waals surface area contributed by atoms with Crippen LogP contribution in [0, 0.1) is 5.92 Å². The number of nitrogens with one attached hydrogen (secondary N) is 2. The fourth-order valence-corrected chi connectivity index (χ4v) is 3.96. The number of aliphatic carboxylic acids is 1. The van der Waals surface area contributed by atoms with Crippen molar-refractivity contribution in [3.63, 3.8) is 0 Å². The molecular weight excluding hydrogens is 428 g/mol. The highest BCUT2D eigenvalue weighted by Crippen LogP contribution is 2.31. The van der Waals surface area contributed by atoms with Crippen LogP contribution in [0.3, 0.4) is 0 Å². The maximum atomic E-state index is 13.5. The van der Waals surface area contributed by atoms with Crippen LogP contribution >= 0.6 is 12.6 Å². The van der Waals surface area contributed by atoms with Gasteiger partial charge < -0.3 is 20.8 Å². The monoisotopic (exact) mass is 456 g/mol. The molecule has 2 atom stereocenters. The van der Waals surface area contributed by atoms with Gasteiger partial charge in [0.1, 0.15) is 17.3 Å². The third-order valence-electron chi connectivity index (χ3n) is 5.78. The fraction of sp³-hybridized carbons (Fsp3) is 0.375. The molecule has 0 heterocycles. The first-order valence-corrected chi connectivity index (χ1v) is 11.0. The zero-order chi connectivity index (χ0) is 23.5. The van der Waals surface area contributed by atoms with Crippen LogP contribution in [-0.2, 0) is 33.6 Å². The molecule has 1 aliphatic rings. The molecule has 0 bridgehead atoms. The lowest BCUT2D eigenvalue weighted by molar-refractivity contribution is -0.143. The Morgan fingerprint density at radius 1 is 1.03 bits per heavy atom. The van der Waals surface area contributed by atoms with Gasteiger partial charge in [-0.1, -0.05) is 50.2 Å². The summed E-state index contributed by atoms with van der Waals surface area (Å²) < 4.78 is 0. The van der Waals surface area contributed by atoms with E-state index in [-0.39, 0.29) is 36.8 Å². The molecule has 0 radical (unpaired) electrons. The Morgan fingerprint density at radius 3 is 2.09 bits per heavy atom. The zero-order valence-corrected chi connectivity index (χ0v) is 18.9. The normalized spacial score (nSPS) is 16.1. The largest absolute Gasteiger partial charge is 0.508 e. The van der Waals surface area contributed by atoms with E-state index in [0.717, 1.165) is 11.1 Å². The van der Waals surface area contributed by atoms with Gasteiger partial charge in [0.15, 0.2) is 0 Å². The SMILES string of the molecule is CC(C)C(S)C(=O)NC1(C(=O)N[C@@H](Cc2ccc(O)cc2)C(=O)O)Cc2ccccc2C1. The highest BCUT2D eigenvalue weighted by molar-refractivity contribution is 7.81. The van der Waals surface area contributed by atoms with Crippen molar-refractivity contribution in [2.45, 2.75) is 49.9 Å². The minimum atomic E-state index is -1.29. The van der Waals surface area contributed by atoms with Gasteiger partial charge in [-0.3, -0.25) is 9.59 Å². The number of amides is 2. The quantitative estimate of drug-likeness (QED) is 0.390. The van der Waals surface area contributed by atoms with E-state index in [0.29, 0.717) is 5.56 Å². The second-order valence-corrected chi connectivity index (χ2v) is 9.17. The van der Waals surface area contributed by atoms with Gasteiger partial charge in [-0.15, -0.1) is 0 Å². The topological polar surface area (TPSA) is 116 Å². The van der Waals surface area contributed by atoms with Crippen LogP contribution in [0.4, 0.5) is 0 Å². The van der Waals surface area contributed by atoms with E-state index < -0.39 is 28.7 Å². The fourth-order valence-electron chi connectivity index (χ4n) is 3.90. The maximum absolute atomic E-state index is 13.5. The van der Waals surface area contributed by atoms with Crippen molar-refractivity contribution in [1.29, 1.82) is 0 Å². The number of carbonyl (C=O) groups excluding carboxylic acids is 2. The third kappa shape index (κ3) is 5.24. The lowest BCUT2D eigenvalue weighted by atomic mass is 9.92. The summed E-state index contributed by atoms with van der Waals surface area (Å²) in [6, 6.07) is 12.5. The Hall–Kier alpha value is -3.00. The number of hydrogen-bond donors (Lipinski definition) is 5. The van der Waals surface area contributed by atoms with E-state index in [1.165, 1.54) is 12.1 Å². The van der Waals surface area contributed by atoms with E-state index in [2.05, 4.69) is 23.3 Å². The van der Waals surface area contributed by atoms with E-state index in [9.17, 15) is 24.6 Å². The van der Waals surface area contributed by atoms with Gasteiger partial charge in [-0.05, 0) is 34.7 Å². The van der Waals surface area contributed by atoms with Gasteiger partial charge in [0.25, 0.3) is 0 Å². The van der Waals surface area contributed by atoms with Crippen LogP contribution in [0.1, 0.15) is 30.5 Å². The molecule has 0 spiro atoms. The molecule has 2 aromatic rings. The van der Waals surface area contributed by atoms with Crippen LogP contribution in [-0.4, -0.2) is 44.8 Å². The second-order valence-electron chi connectivity index (χ2n) is 8.62. The number of benzene rings is 2. The molecular formula is C24H28N2O5S. The van der Waals surface area contributed by atoms with Crippen LogP contribution in [0.25, 0.3) is 0 Å². The highest BCUT2D eigenvalue weighted by atomic mass is 32.1. The zero-order valence-electron chi connectivity index (χ0n) is 18.0. The van der Waals surface area contributed by atoms with Gasteiger partial charge in [-0.2, -0.15) is 12.6 Å². The average Bonchev–Trinajstić information content (AvgIpc) is 3.13. The predicted octanol–water partition coefficient (Wildman–Crippen LogP) is 2.11. The summed E-state index contributed by atoms with van der Waals surface area (Å²) in [7, 11) is 0. The summed E-state index contributed by atoms with van der Waals surface area (Å²) in [5.74, 6) is -2.06. The number of rotatable bonds is 8. The van der Waals surface area contributed by atoms with Crippen molar-refractivity contribution in [2.75, 3.05) is 0 Å². The summed E-state index contributed by atoms with van der Waals surface area (Å²) in [6.45, 7) is 3.73.